The highest BCUT2D eigenvalue weighted by molar-refractivity contribution is 6.13. The SMILES string of the molecule is C1=CC2N=C(c3cc(C4=Cc5ccccc5C4c4ccccc4)cc(-c4nc5ccccc5n4-c4ccccc4)c3)N(c3ccccc3)C2C=C1. The molecule has 0 amide bonds. The maximum atomic E-state index is 5.44. The summed E-state index contributed by atoms with van der Waals surface area (Å²) >= 11 is 0. The Labute approximate surface area is 297 Å². The number of fused-ring (bicyclic) bond motifs is 3. The highest BCUT2D eigenvalue weighted by atomic mass is 15.3. The highest BCUT2D eigenvalue weighted by Gasteiger charge is 2.37. The first kappa shape index (κ1) is 29.4. The van der Waals surface area contributed by atoms with Gasteiger partial charge in [-0.15, -0.1) is 0 Å². The van der Waals surface area contributed by atoms with Gasteiger partial charge in [0, 0.05) is 28.4 Å². The van der Waals surface area contributed by atoms with Crippen LogP contribution >= 0.6 is 0 Å². The zero-order valence-electron chi connectivity index (χ0n) is 27.9. The fourth-order valence-electron chi connectivity index (χ4n) is 8.07. The predicted octanol–water partition coefficient (Wildman–Crippen LogP) is 10.5. The molecule has 3 atom stereocenters. The zero-order valence-corrected chi connectivity index (χ0v) is 27.9. The average Bonchev–Trinajstić information content (AvgIpc) is 3.91. The molecular formula is C47H34N4. The molecule has 0 N–H and O–H groups in total. The first-order valence-electron chi connectivity index (χ1n) is 17.6. The Bertz CT molecular complexity index is 2540. The van der Waals surface area contributed by atoms with Gasteiger partial charge < -0.3 is 4.90 Å². The Kier molecular flexibility index (Phi) is 6.98. The Morgan fingerprint density at radius 1 is 0.549 bits per heavy atom. The van der Waals surface area contributed by atoms with Gasteiger partial charge in [0.25, 0.3) is 0 Å². The number of nitrogens with zero attached hydrogens (tertiary/aromatic N) is 4. The highest BCUT2D eigenvalue weighted by Crippen LogP contribution is 2.47. The third-order valence-corrected chi connectivity index (χ3v) is 10.3. The van der Waals surface area contributed by atoms with Crippen LogP contribution in [0.15, 0.2) is 187 Å². The number of benzene rings is 6. The van der Waals surface area contributed by atoms with Crippen LogP contribution in [0.25, 0.3) is 39.8 Å². The summed E-state index contributed by atoms with van der Waals surface area (Å²) in [6.45, 7) is 0. The van der Waals surface area contributed by atoms with Gasteiger partial charge in [0.1, 0.15) is 11.7 Å². The predicted molar refractivity (Wildman–Crippen MR) is 210 cm³/mol. The van der Waals surface area contributed by atoms with Gasteiger partial charge in [0.05, 0.1) is 23.1 Å². The molecular weight excluding hydrogens is 621 g/mol. The molecule has 2 heterocycles. The van der Waals surface area contributed by atoms with E-state index in [4.69, 9.17) is 9.98 Å². The number of aromatic nitrogens is 2. The number of anilines is 1. The molecule has 3 unspecified atom stereocenters. The topological polar surface area (TPSA) is 33.4 Å². The van der Waals surface area contributed by atoms with Crippen molar-refractivity contribution in [1.29, 1.82) is 0 Å². The van der Waals surface area contributed by atoms with Gasteiger partial charge in [-0.05, 0) is 88.5 Å². The minimum Gasteiger partial charge on any atom is -0.317 e. The first-order valence-corrected chi connectivity index (χ1v) is 17.6. The van der Waals surface area contributed by atoms with Crippen LogP contribution in [0.5, 0.6) is 0 Å². The van der Waals surface area contributed by atoms with E-state index < -0.39 is 0 Å². The van der Waals surface area contributed by atoms with Crippen LogP contribution in [0, 0.1) is 0 Å². The summed E-state index contributed by atoms with van der Waals surface area (Å²) < 4.78 is 2.29. The van der Waals surface area contributed by atoms with Gasteiger partial charge in [-0.3, -0.25) is 9.56 Å². The van der Waals surface area contributed by atoms with E-state index in [1.165, 1.54) is 22.3 Å². The number of imidazole rings is 1. The molecule has 6 aromatic carbocycles. The van der Waals surface area contributed by atoms with Crippen molar-refractivity contribution in [2.75, 3.05) is 4.90 Å². The lowest BCUT2D eigenvalue weighted by atomic mass is 9.84. The summed E-state index contributed by atoms with van der Waals surface area (Å²) in [6, 6.07) is 56.5. The van der Waals surface area contributed by atoms with Gasteiger partial charge in [-0.1, -0.05) is 127 Å². The van der Waals surface area contributed by atoms with Crippen LogP contribution in [-0.2, 0) is 0 Å². The van der Waals surface area contributed by atoms with Crippen molar-refractivity contribution in [2.24, 2.45) is 4.99 Å². The summed E-state index contributed by atoms with van der Waals surface area (Å²) in [6.07, 6.45) is 11.1. The van der Waals surface area contributed by atoms with Crippen molar-refractivity contribution in [1.82, 2.24) is 9.55 Å². The van der Waals surface area contributed by atoms with Crippen molar-refractivity contribution in [3.05, 3.63) is 210 Å². The maximum absolute atomic E-state index is 5.44. The minimum atomic E-state index is 0.0261. The second kappa shape index (κ2) is 12.1. The largest absolute Gasteiger partial charge is 0.317 e. The fraction of sp³-hybridized carbons (Fsp3) is 0.0638. The van der Waals surface area contributed by atoms with Crippen LogP contribution in [0.1, 0.15) is 33.7 Å². The van der Waals surface area contributed by atoms with E-state index in [1.807, 2.05) is 0 Å². The van der Waals surface area contributed by atoms with Crippen molar-refractivity contribution < 1.29 is 0 Å². The molecule has 0 radical (unpaired) electrons. The number of amidine groups is 1. The molecule has 1 aromatic heterocycles. The number of hydrogen-bond acceptors (Lipinski definition) is 3. The average molecular weight is 655 g/mol. The molecule has 7 aromatic rings. The van der Waals surface area contributed by atoms with Crippen LogP contribution in [0.2, 0.25) is 0 Å². The molecule has 1 aliphatic heterocycles. The third-order valence-electron chi connectivity index (χ3n) is 10.3. The smallest absolute Gasteiger partial charge is 0.145 e. The van der Waals surface area contributed by atoms with Gasteiger partial charge in [0.15, 0.2) is 0 Å². The summed E-state index contributed by atoms with van der Waals surface area (Å²) in [5, 5.41) is 0. The fourth-order valence-corrected chi connectivity index (χ4v) is 8.07. The van der Waals surface area contributed by atoms with E-state index in [2.05, 4.69) is 198 Å². The van der Waals surface area contributed by atoms with Crippen LogP contribution in [0.3, 0.4) is 0 Å². The standard InChI is InChI=1S/C47H34N4/c1-4-16-32(17-5-1)45-39-23-11-10-18-33(39)31-40(45)34-28-35(46-48-41-24-12-14-26-43(41)50(46)37-19-6-2-7-20-37)30-36(29-34)47-49-42-25-13-15-27-44(42)51(47)38-21-8-3-9-22-38/h1-31,41,43,45H. The zero-order chi connectivity index (χ0) is 33.7. The molecule has 2 aliphatic carbocycles. The van der Waals surface area contributed by atoms with E-state index >= 15 is 0 Å². The van der Waals surface area contributed by atoms with Gasteiger partial charge in [0.2, 0.25) is 0 Å². The van der Waals surface area contributed by atoms with Crippen molar-refractivity contribution >= 4 is 34.2 Å². The van der Waals surface area contributed by atoms with E-state index in [1.54, 1.807) is 0 Å². The Balaban J connectivity index is 1.23. The summed E-state index contributed by atoms with van der Waals surface area (Å²) in [7, 11) is 0. The Hall–Kier alpha value is -6.52. The van der Waals surface area contributed by atoms with E-state index in [-0.39, 0.29) is 18.0 Å². The Morgan fingerprint density at radius 2 is 1.20 bits per heavy atom. The van der Waals surface area contributed by atoms with Crippen molar-refractivity contribution in [3.8, 4) is 17.1 Å². The lowest BCUT2D eigenvalue weighted by Gasteiger charge is -2.29. The lowest BCUT2D eigenvalue weighted by Crippen LogP contribution is -2.39. The molecule has 0 spiro atoms. The third kappa shape index (κ3) is 4.99. The van der Waals surface area contributed by atoms with Crippen LogP contribution in [-0.4, -0.2) is 27.5 Å². The number of hydrogen-bond donors (Lipinski definition) is 0. The summed E-state index contributed by atoms with van der Waals surface area (Å²) in [5.41, 5.74) is 12.7. The molecule has 0 saturated heterocycles. The number of aliphatic imine (C=N–C) groups is 1. The molecule has 10 rings (SSSR count). The van der Waals surface area contributed by atoms with Gasteiger partial charge >= 0.3 is 0 Å². The van der Waals surface area contributed by atoms with Crippen LogP contribution < -0.4 is 4.90 Å². The number of allylic oxidation sites excluding steroid dienone is 3. The minimum absolute atomic E-state index is 0.0261. The van der Waals surface area contributed by atoms with Crippen molar-refractivity contribution in [2.45, 2.75) is 18.0 Å². The second-order valence-corrected chi connectivity index (χ2v) is 13.4. The second-order valence-electron chi connectivity index (χ2n) is 13.4. The molecule has 242 valence electrons. The molecule has 0 bridgehead atoms. The first-order chi connectivity index (χ1) is 25.3. The lowest BCUT2D eigenvalue weighted by molar-refractivity contribution is 0.739. The number of rotatable bonds is 6. The molecule has 4 heteroatoms. The molecule has 51 heavy (non-hydrogen) atoms. The molecule has 0 fully saturated rings. The molecule has 0 saturated carbocycles. The Morgan fingerprint density at radius 3 is 2.02 bits per heavy atom. The van der Waals surface area contributed by atoms with Gasteiger partial charge in [-0.2, -0.15) is 0 Å². The summed E-state index contributed by atoms with van der Waals surface area (Å²) in [5.74, 6) is 1.97. The van der Waals surface area contributed by atoms with Gasteiger partial charge in [-0.25, -0.2) is 4.98 Å². The molecule has 3 aliphatic rings. The quantitative estimate of drug-likeness (QED) is 0.179. The van der Waals surface area contributed by atoms with Crippen LogP contribution in [0.4, 0.5) is 5.69 Å². The van der Waals surface area contributed by atoms with E-state index in [0.29, 0.717) is 0 Å². The van der Waals surface area contributed by atoms with E-state index in [0.717, 1.165) is 50.8 Å². The maximum Gasteiger partial charge on any atom is 0.145 e. The summed E-state index contributed by atoms with van der Waals surface area (Å²) in [4.78, 5) is 13.2. The van der Waals surface area contributed by atoms with Crippen molar-refractivity contribution in [3.63, 3.8) is 0 Å². The normalized spacial score (nSPS) is 18.8. The monoisotopic (exact) mass is 654 g/mol. The molecule has 4 nitrogen and oxygen atoms in total. The van der Waals surface area contributed by atoms with E-state index in [9.17, 15) is 0 Å². The number of para-hydroxylation sites is 4.